The summed E-state index contributed by atoms with van der Waals surface area (Å²) in [6.45, 7) is 0. The highest BCUT2D eigenvalue weighted by molar-refractivity contribution is 9.11. The van der Waals surface area contributed by atoms with Crippen LogP contribution < -0.4 is 4.90 Å². The average Bonchev–Trinajstić information content (AvgIpc) is 2.45. The minimum atomic E-state index is 0.601. The molecule has 0 aliphatic heterocycles. The minimum Gasteiger partial charge on any atom is -0.378 e. The number of anilines is 1. The Morgan fingerprint density at radius 2 is 1.59 bits per heavy atom. The van der Waals surface area contributed by atoms with Gasteiger partial charge in [-0.2, -0.15) is 5.26 Å². The van der Waals surface area contributed by atoms with Gasteiger partial charge in [0.25, 0.3) is 0 Å². The molecule has 0 aliphatic carbocycles. The second-order valence-electron chi connectivity index (χ2n) is 4.90. The van der Waals surface area contributed by atoms with Crippen molar-refractivity contribution in [3.63, 3.8) is 0 Å². The van der Waals surface area contributed by atoms with Gasteiger partial charge in [0.1, 0.15) is 0 Å². The molecule has 0 unspecified atom stereocenters. The van der Waals surface area contributed by atoms with Gasteiger partial charge in [0, 0.05) is 38.8 Å². The van der Waals surface area contributed by atoms with Gasteiger partial charge >= 0.3 is 0 Å². The molecule has 2 aromatic rings. The van der Waals surface area contributed by atoms with E-state index in [1.54, 1.807) is 0 Å². The SMILES string of the molecule is CN(C)c1ccc(/C=C(\C#N)c2c(Br)cc(Br)cc2Br)cc1. The van der Waals surface area contributed by atoms with Crippen LogP contribution in [0.25, 0.3) is 11.6 Å². The quantitative estimate of drug-likeness (QED) is 0.388. The first-order chi connectivity index (χ1) is 10.4. The molecule has 112 valence electrons. The summed E-state index contributed by atoms with van der Waals surface area (Å²) < 4.78 is 2.68. The molecule has 2 nitrogen and oxygen atoms in total. The number of allylic oxidation sites excluding steroid dienone is 1. The third-order valence-electron chi connectivity index (χ3n) is 3.12. The van der Waals surface area contributed by atoms with Crippen molar-refractivity contribution in [2.24, 2.45) is 0 Å². The van der Waals surface area contributed by atoms with E-state index in [1.165, 1.54) is 0 Å². The van der Waals surface area contributed by atoms with Gasteiger partial charge in [-0.05, 0) is 35.9 Å². The molecule has 2 aromatic carbocycles. The van der Waals surface area contributed by atoms with Crippen LogP contribution in [0.5, 0.6) is 0 Å². The Hall–Kier alpha value is -1.09. The van der Waals surface area contributed by atoms with E-state index in [4.69, 9.17) is 0 Å². The van der Waals surface area contributed by atoms with Crippen LogP contribution in [0.4, 0.5) is 5.69 Å². The molecule has 0 bridgehead atoms. The van der Waals surface area contributed by atoms with E-state index >= 15 is 0 Å². The summed E-state index contributed by atoms with van der Waals surface area (Å²) >= 11 is 10.5. The lowest BCUT2D eigenvalue weighted by Crippen LogP contribution is -2.07. The Morgan fingerprint density at radius 1 is 1.05 bits per heavy atom. The molecule has 0 N–H and O–H groups in total. The van der Waals surface area contributed by atoms with Gasteiger partial charge in [0.05, 0.1) is 11.6 Å². The van der Waals surface area contributed by atoms with Crippen LogP contribution in [0.3, 0.4) is 0 Å². The third-order valence-corrected chi connectivity index (χ3v) is 4.83. The van der Waals surface area contributed by atoms with Crippen molar-refractivity contribution < 1.29 is 0 Å². The maximum atomic E-state index is 9.52. The highest BCUT2D eigenvalue weighted by atomic mass is 79.9. The number of hydrogen-bond donors (Lipinski definition) is 0. The van der Waals surface area contributed by atoms with Crippen LogP contribution in [0.1, 0.15) is 11.1 Å². The zero-order chi connectivity index (χ0) is 16.3. The summed E-state index contributed by atoms with van der Waals surface area (Å²) in [5, 5.41) is 9.52. The zero-order valence-corrected chi connectivity index (χ0v) is 16.8. The van der Waals surface area contributed by atoms with Gasteiger partial charge in [0.15, 0.2) is 0 Å². The summed E-state index contributed by atoms with van der Waals surface area (Å²) in [6.07, 6.45) is 1.89. The Morgan fingerprint density at radius 3 is 2.05 bits per heavy atom. The number of nitriles is 1. The molecule has 5 heteroatoms. The molecule has 0 aliphatic rings. The first-order valence-corrected chi connectivity index (χ1v) is 8.84. The van der Waals surface area contributed by atoms with Crippen molar-refractivity contribution in [2.45, 2.75) is 0 Å². The molecule has 0 amide bonds. The molecule has 0 spiro atoms. The smallest absolute Gasteiger partial charge is 0.0999 e. The largest absolute Gasteiger partial charge is 0.378 e. The fourth-order valence-electron chi connectivity index (χ4n) is 2.00. The van der Waals surface area contributed by atoms with E-state index in [0.717, 1.165) is 30.2 Å². The molecule has 0 radical (unpaired) electrons. The van der Waals surface area contributed by atoms with Crippen molar-refractivity contribution in [1.29, 1.82) is 5.26 Å². The number of rotatable bonds is 3. The van der Waals surface area contributed by atoms with E-state index in [-0.39, 0.29) is 0 Å². The highest BCUT2D eigenvalue weighted by Crippen LogP contribution is 2.35. The molecular formula is C17H13Br3N2. The monoisotopic (exact) mass is 482 g/mol. The zero-order valence-electron chi connectivity index (χ0n) is 12.1. The molecule has 2 rings (SSSR count). The first kappa shape index (κ1) is 17.3. The van der Waals surface area contributed by atoms with Gasteiger partial charge in [-0.3, -0.25) is 0 Å². The predicted molar refractivity (Wildman–Crippen MR) is 104 cm³/mol. The topological polar surface area (TPSA) is 27.0 Å². The predicted octanol–water partition coefficient (Wildman–Crippen LogP) is 6.10. The van der Waals surface area contributed by atoms with Crippen molar-refractivity contribution >= 4 is 65.1 Å². The van der Waals surface area contributed by atoms with Gasteiger partial charge in [0.2, 0.25) is 0 Å². The average molecular weight is 485 g/mol. The van der Waals surface area contributed by atoms with E-state index in [2.05, 4.69) is 53.9 Å². The second-order valence-corrected chi connectivity index (χ2v) is 7.52. The Bertz CT molecular complexity index is 733. The Balaban J connectivity index is 2.46. The molecule has 0 heterocycles. The van der Waals surface area contributed by atoms with Crippen LogP contribution >= 0.6 is 47.8 Å². The highest BCUT2D eigenvalue weighted by Gasteiger charge is 2.12. The standard InChI is InChI=1S/C17H13Br3N2/c1-22(2)14-5-3-11(4-6-14)7-12(10-21)17-15(19)8-13(18)9-16(17)20/h3-9H,1-2H3/b12-7+. The van der Waals surface area contributed by atoms with E-state index < -0.39 is 0 Å². The van der Waals surface area contributed by atoms with E-state index in [9.17, 15) is 5.26 Å². The lowest BCUT2D eigenvalue weighted by Gasteiger charge is -2.12. The molecular weight excluding hydrogens is 472 g/mol. The molecule has 22 heavy (non-hydrogen) atoms. The van der Waals surface area contributed by atoms with Crippen LogP contribution in [0, 0.1) is 11.3 Å². The van der Waals surface area contributed by atoms with Crippen LogP contribution in [0.15, 0.2) is 49.8 Å². The normalized spacial score (nSPS) is 11.2. The molecule has 0 atom stereocenters. The lowest BCUT2D eigenvalue weighted by atomic mass is 10.0. The third kappa shape index (κ3) is 4.01. The summed E-state index contributed by atoms with van der Waals surface area (Å²) in [5.41, 5.74) is 3.57. The fraction of sp³-hybridized carbons (Fsp3) is 0.118. The maximum Gasteiger partial charge on any atom is 0.0999 e. The van der Waals surface area contributed by atoms with Crippen molar-refractivity contribution in [1.82, 2.24) is 0 Å². The van der Waals surface area contributed by atoms with Gasteiger partial charge in [-0.15, -0.1) is 0 Å². The van der Waals surface area contributed by atoms with E-state index in [1.807, 2.05) is 61.5 Å². The minimum absolute atomic E-state index is 0.601. The number of hydrogen-bond acceptors (Lipinski definition) is 2. The second kappa shape index (κ2) is 7.45. The van der Waals surface area contributed by atoms with Crippen molar-refractivity contribution in [3.05, 3.63) is 60.9 Å². The summed E-state index contributed by atoms with van der Waals surface area (Å²) in [5.74, 6) is 0. The fourth-order valence-corrected chi connectivity index (χ4v) is 4.68. The van der Waals surface area contributed by atoms with Crippen LogP contribution in [-0.2, 0) is 0 Å². The van der Waals surface area contributed by atoms with Gasteiger partial charge in [-0.1, -0.05) is 59.9 Å². The van der Waals surface area contributed by atoms with Crippen LogP contribution in [0.2, 0.25) is 0 Å². The summed E-state index contributed by atoms with van der Waals surface area (Å²) in [4.78, 5) is 2.04. The summed E-state index contributed by atoms with van der Waals surface area (Å²) in [7, 11) is 4.00. The summed E-state index contributed by atoms with van der Waals surface area (Å²) in [6, 6.07) is 14.2. The Kier molecular flexibility index (Phi) is 5.85. The lowest BCUT2D eigenvalue weighted by molar-refractivity contribution is 1.13. The number of nitrogens with zero attached hydrogens (tertiary/aromatic N) is 2. The van der Waals surface area contributed by atoms with Crippen molar-refractivity contribution in [2.75, 3.05) is 19.0 Å². The van der Waals surface area contributed by atoms with Crippen LogP contribution in [-0.4, -0.2) is 14.1 Å². The first-order valence-electron chi connectivity index (χ1n) is 6.46. The molecule has 0 aromatic heterocycles. The number of halogens is 3. The molecule has 0 saturated carbocycles. The maximum absolute atomic E-state index is 9.52. The Labute approximate surface area is 155 Å². The van der Waals surface area contributed by atoms with E-state index in [0.29, 0.717) is 5.57 Å². The molecule has 0 fully saturated rings. The van der Waals surface area contributed by atoms with Gasteiger partial charge < -0.3 is 4.90 Å². The number of benzene rings is 2. The van der Waals surface area contributed by atoms with Gasteiger partial charge in [-0.25, -0.2) is 0 Å². The molecule has 0 saturated heterocycles. The van der Waals surface area contributed by atoms with Crippen molar-refractivity contribution in [3.8, 4) is 6.07 Å².